The lowest BCUT2D eigenvalue weighted by atomic mass is 10.1. The van der Waals surface area contributed by atoms with Gasteiger partial charge in [0.25, 0.3) is 0 Å². The van der Waals surface area contributed by atoms with Crippen LogP contribution in [-0.4, -0.2) is 19.1 Å². The largest absolute Gasteiger partial charge is 0.464 e. The minimum absolute atomic E-state index is 0.127. The normalized spacial score (nSPS) is 10.7. The molecule has 1 rings (SSSR count). The molecule has 0 bridgehead atoms. The molecule has 4 heteroatoms. The van der Waals surface area contributed by atoms with E-state index in [0.29, 0.717) is 25.5 Å². The highest BCUT2D eigenvalue weighted by Gasteiger charge is 2.05. The van der Waals surface area contributed by atoms with Crippen molar-refractivity contribution < 1.29 is 9.53 Å². The van der Waals surface area contributed by atoms with E-state index in [-0.39, 0.29) is 5.97 Å². The number of carbonyl (C=O) groups is 1. The van der Waals surface area contributed by atoms with Crippen LogP contribution in [0.1, 0.15) is 25.8 Å². The molecule has 0 aliphatic carbocycles. The maximum atomic E-state index is 11.3. The lowest BCUT2D eigenvalue weighted by molar-refractivity contribution is -0.144. The lowest BCUT2D eigenvalue weighted by Crippen LogP contribution is -2.21. The highest BCUT2D eigenvalue weighted by molar-refractivity contribution is 6.30. The summed E-state index contributed by atoms with van der Waals surface area (Å²) in [5.74, 6) is 0.220. The number of esters is 1. The second kappa shape index (κ2) is 8.11. The van der Waals surface area contributed by atoms with Crippen LogP contribution in [0.3, 0.4) is 0 Å². The molecular formula is C14H20ClNO2. The van der Waals surface area contributed by atoms with Gasteiger partial charge in [0.1, 0.15) is 6.61 Å². The van der Waals surface area contributed by atoms with Gasteiger partial charge in [-0.05, 0) is 23.6 Å². The summed E-state index contributed by atoms with van der Waals surface area (Å²) in [6, 6.07) is 7.67. The van der Waals surface area contributed by atoms with E-state index in [1.165, 1.54) is 0 Å². The van der Waals surface area contributed by atoms with Crippen molar-refractivity contribution in [2.24, 2.45) is 5.92 Å². The Morgan fingerprint density at radius 1 is 1.33 bits per heavy atom. The first kappa shape index (κ1) is 15.0. The zero-order chi connectivity index (χ0) is 13.4. The fraction of sp³-hybridized carbons (Fsp3) is 0.500. The highest BCUT2D eigenvalue weighted by Crippen LogP contribution is 2.08. The van der Waals surface area contributed by atoms with E-state index >= 15 is 0 Å². The zero-order valence-corrected chi connectivity index (χ0v) is 11.7. The number of benzene rings is 1. The first-order valence-corrected chi connectivity index (χ1v) is 6.56. The molecule has 1 aromatic carbocycles. The summed E-state index contributed by atoms with van der Waals surface area (Å²) < 4.78 is 5.09. The summed E-state index contributed by atoms with van der Waals surface area (Å²) >= 11 is 5.79. The summed E-state index contributed by atoms with van der Waals surface area (Å²) in [6.45, 7) is 5.82. The SMILES string of the molecule is CC(C)CC(=O)OCCNCc1ccc(Cl)cc1. The van der Waals surface area contributed by atoms with Gasteiger partial charge in [0.2, 0.25) is 0 Å². The molecule has 0 fully saturated rings. The lowest BCUT2D eigenvalue weighted by Gasteiger charge is -2.08. The predicted molar refractivity (Wildman–Crippen MR) is 73.6 cm³/mol. The molecule has 0 radical (unpaired) electrons. The fourth-order valence-corrected chi connectivity index (χ4v) is 1.59. The summed E-state index contributed by atoms with van der Waals surface area (Å²) in [4.78, 5) is 11.3. The molecule has 0 amide bonds. The molecule has 1 aromatic rings. The van der Waals surface area contributed by atoms with Crippen molar-refractivity contribution in [1.82, 2.24) is 5.32 Å². The van der Waals surface area contributed by atoms with E-state index in [4.69, 9.17) is 16.3 Å². The third-order valence-corrected chi connectivity index (χ3v) is 2.61. The predicted octanol–water partition coefficient (Wildman–Crippen LogP) is 3.02. The van der Waals surface area contributed by atoms with Crippen molar-refractivity contribution in [1.29, 1.82) is 0 Å². The third-order valence-electron chi connectivity index (χ3n) is 2.36. The van der Waals surface area contributed by atoms with E-state index in [1.54, 1.807) is 0 Å². The van der Waals surface area contributed by atoms with Crippen LogP contribution in [0.5, 0.6) is 0 Å². The van der Waals surface area contributed by atoms with Crippen LogP contribution in [0.25, 0.3) is 0 Å². The zero-order valence-electron chi connectivity index (χ0n) is 10.9. The Labute approximate surface area is 113 Å². The molecule has 0 atom stereocenters. The molecular weight excluding hydrogens is 250 g/mol. The Morgan fingerprint density at radius 3 is 2.61 bits per heavy atom. The minimum atomic E-state index is -0.127. The van der Waals surface area contributed by atoms with Crippen LogP contribution in [-0.2, 0) is 16.1 Å². The Morgan fingerprint density at radius 2 is 2.00 bits per heavy atom. The number of hydrogen-bond acceptors (Lipinski definition) is 3. The van der Waals surface area contributed by atoms with E-state index < -0.39 is 0 Å². The van der Waals surface area contributed by atoms with Gasteiger partial charge in [-0.2, -0.15) is 0 Å². The van der Waals surface area contributed by atoms with Crippen LogP contribution in [0.15, 0.2) is 24.3 Å². The van der Waals surface area contributed by atoms with Crippen molar-refractivity contribution in [2.75, 3.05) is 13.2 Å². The monoisotopic (exact) mass is 269 g/mol. The molecule has 0 heterocycles. The second-order valence-corrected chi connectivity index (χ2v) is 5.06. The van der Waals surface area contributed by atoms with Crippen molar-refractivity contribution in [3.8, 4) is 0 Å². The van der Waals surface area contributed by atoms with Gasteiger partial charge >= 0.3 is 5.97 Å². The van der Waals surface area contributed by atoms with Crippen LogP contribution < -0.4 is 5.32 Å². The number of carbonyl (C=O) groups excluding carboxylic acids is 1. The number of ether oxygens (including phenoxy) is 1. The number of nitrogens with one attached hydrogen (secondary N) is 1. The van der Waals surface area contributed by atoms with Gasteiger partial charge in [-0.15, -0.1) is 0 Å². The third kappa shape index (κ3) is 6.62. The van der Waals surface area contributed by atoms with E-state index in [1.807, 2.05) is 38.1 Å². The van der Waals surface area contributed by atoms with Gasteiger partial charge in [-0.1, -0.05) is 37.6 Å². The molecule has 0 aromatic heterocycles. The molecule has 1 N–H and O–H groups in total. The molecule has 3 nitrogen and oxygen atoms in total. The molecule has 0 saturated carbocycles. The summed E-state index contributed by atoms with van der Waals surface area (Å²) in [5.41, 5.74) is 1.16. The van der Waals surface area contributed by atoms with Crippen molar-refractivity contribution in [3.63, 3.8) is 0 Å². The maximum absolute atomic E-state index is 11.3. The Bertz CT molecular complexity index is 363. The summed E-state index contributed by atoms with van der Waals surface area (Å²) in [5, 5.41) is 3.95. The van der Waals surface area contributed by atoms with Crippen LogP contribution in [0.4, 0.5) is 0 Å². The summed E-state index contributed by atoms with van der Waals surface area (Å²) in [6.07, 6.45) is 0.483. The van der Waals surface area contributed by atoms with Gasteiger partial charge in [0.15, 0.2) is 0 Å². The standard InChI is InChI=1S/C14H20ClNO2/c1-11(2)9-14(17)18-8-7-16-10-12-3-5-13(15)6-4-12/h3-6,11,16H,7-10H2,1-2H3. The highest BCUT2D eigenvalue weighted by atomic mass is 35.5. The molecule has 0 aliphatic rings. The molecule has 18 heavy (non-hydrogen) atoms. The van der Waals surface area contributed by atoms with E-state index in [0.717, 1.165) is 17.1 Å². The van der Waals surface area contributed by atoms with Crippen LogP contribution in [0, 0.1) is 5.92 Å². The molecule has 0 unspecified atom stereocenters. The molecule has 100 valence electrons. The number of halogens is 1. The quantitative estimate of drug-likeness (QED) is 0.611. The average molecular weight is 270 g/mol. The topological polar surface area (TPSA) is 38.3 Å². The Hall–Kier alpha value is -1.06. The van der Waals surface area contributed by atoms with Gasteiger partial charge in [0, 0.05) is 24.5 Å². The van der Waals surface area contributed by atoms with Crippen molar-refractivity contribution in [2.45, 2.75) is 26.8 Å². The van der Waals surface area contributed by atoms with Crippen LogP contribution >= 0.6 is 11.6 Å². The minimum Gasteiger partial charge on any atom is -0.464 e. The first-order valence-electron chi connectivity index (χ1n) is 6.18. The summed E-state index contributed by atoms with van der Waals surface area (Å²) in [7, 11) is 0. The van der Waals surface area contributed by atoms with Gasteiger partial charge in [0.05, 0.1) is 0 Å². The van der Waals surface area contributed by atoms with Gasteiger partial charge < -0.3 is 10.1 Å². The van der Waals surface area contributed by atoms with Crippen molar-refractivity contribution >= 4 is 17.6 Å². The van der Waals surface area contributed by atoms with Crippen molar-refractivity contribution in [3.05, 3.63) is 34.9 Å². The molecule has 0 aliphatic heterocycles. The van der Waals surface area contributed by atoms with E-state index in [2.05, 4.69) is 5.32 Å². The second-order valence-electron chi connectivity index (χ2n) is 4.62. The number of rotatable bonds is 7. The average Bonchev–Trinajstić information content (AvgIpc) is 2.30. The Kier molecular flexibility index (Phi) is 6.76. The number of hydrogen-bond donors (Lipinski definition) is 1. The van der Waals surface area contributed by atoms with Gasteiger partial charge in [-0.3, -0.25) is 4.79 Å². The first-order chi connectivity index (χ1) is 8.58. The molecule has 0 saturated heterocycles. The smallest absolute Gasteiger partial charge is 0.306 e. The fourth-order valence-electron chi connectivity index (χ4n) is 1.46. The Balaban J connectivity index is 2.08. The van der Waals surface area contributed by atoms with Gasteiger partial charge in [-0.25, -0.2) is 0 Å². The maximum Gasteiger partial charge on any atom is 0.306 e. The van der Waals surface area contributed by atoms with E-state index in [9.17, 15) is 4.79 Å². The van der Waals surface area contributed by atoms with Crippen LogP contribution in [0.2, 0.25) is 5.02 Å². The molecule has 0 spiro atoms.